The summed E-state index contributed by atoms with van der Waals surface area (Å²) < 4.78 is 1.77. The first-order chi connectivity index (χ1) is 7.36. The van der Waals surface area contributed by atoms with Crippen molar-refractivity contribution in [1.82, 2.24) is 9.78 Å². The molecule has 0 saturated carbocycles. The molecule has 0 saturated heterocycles. The molecule has 80 valence electrons. The summed E-state index contributed by atoms with van der Waals surface area (Å²) in [6, 6.07) is 1.89. The van der Waals surface area contributed by atoms with E-state index in [-0.39, 0.29) is 0 Å². The van der Waals surface area contributed by atoms with E-state index in [9.17, 15) is 0 Å². The van der Waals surface area contributed by atoms with Gasteiger partial charge in [0.25, 0.3) is 0 Å². The molecule has 0 radical (unpaired) electrons. The summed E-state index contributed by atoms with van der Waals surface area (Å²) >= 11 is 0. The molecule has 0 unspecified atom stereocenters. The minimum absolute atomic E-state index is 0.887. The standard InChI is InChI=1S/C10H11N3.C2H6/c1-9-4-2-5-10(11-8-9)13-7-3-6-12-13;1-2/h3-8H,2H2,1H3;1-2H3. The molecule has 0 aromatic carbocycles. The van der Waals surface area contributed by atoms with Crippen molar-refractivity contribution in [3.8, 4) is 0 Å². The minimum Gasteiger partial charge on any atom is -0.237 e. The van der Waals surface area contributed by atoms with Gasteiger partial charge in [-0.25, -0.2) is 9.67 Å². The van der Waals surface area contributed by atoms with E-state index < -0.39 is 0 Å². The van der Waals surface area contributed by atoms with Gasteiger partial charge < -0.3 is 0 Å². The molecular weight excluding hydrogens is 186 g/mol. The van der Waals surface area contributed by atoms with E-state index >= 15 is 0 Å². The van der Waals surface area contributed by atoms with Crippen molar-refractivity contribution in [1.29, 1.82) is 0 Å². The van der Waals surface area contributed by atoms with Crippen LogP contribution in [0.5, 0.6) is 0 Å². The van der Waals surface area contributed by atoms with Crippen molar-refractivity contribution in [2.75, 3.05) is 0 Å². The van der Waals surface area contributed by atoms with Gasteiger partial charge in [0, 0.05) is 18.6 Å². The van der Waals surface area contributed by atoms with Crippen LogP contribution in [-0.4, -0.2) is 16.0 Å². The maximum atomic E-state index is 4.31. The molecule has 0 fully saturated rings. The van der Waals surface area contributed by atoms with Gasteiger partial charge in [0.2, 0.25) is 0 Å². The molecule has 0 atom stereocenters. The largest absolute Gasteiger partial charge is 0.237 e. The van der Waals surface area contributed by atoms with Gasteiger partial charge in [-0.2, -0.15) is 5.10 Å². The lowest BCUT2D eigenvalue weighted by Crippen LogP contribution is -1.94. The Labute approximate surface area is 90.8 Å². The van der Waals surface area contributed by atoms with Crippen LogP contribution in [0.25, 0.3) is 5.82 Å². The fraction of sp³-hybridized carbons (Fsp3) is 0.333. The lowest BCUT2D eigenvalue weighted by molar-refractivity contribution is 0.885. The van der Waals surface area contributed by atoms with E-state index in [1.807, 2.05) is 39.2 Å². The molecule has 15 heavy (non-hydrogen) atoms. The fourth-order valence-corrected chi connectivity index (χ4v) is 1.18. The van der Waals surface area contributed by atoms with Gasteiger partial charge >= 0.3 is 0 Å². The molecule has 0 N–H and O–H groups in total. The molecule has 0 bridgehead atoms. The SMILES string of the molecule is CC.CC1=CCC=C(n2cccn2)N=C1. The molecule has 0 spiro atoms. The number of hydrogen-bond donors (Lipinski definition) is 0. The molecule has 0 aliphatic carbocycles. The van der Waals surface area contributed by atoms with E-state index in [0.717, 1.165) is 12.2 Å². The average molecular weight is 203 g/mol. The molecule has 2 heterocycles. The zero-order chi connectivity index (χ0) is 11.1. The monoisotopic (exact) mass is 203 g/mol. The van der Waals surface area contributed by atoms with Crippen LogP contribution < -0.4 is 0 Å². The van der Waals surface area contributed by atoms with Crippen LogP contribution in [-0.2, 0) is 0 Å². The number of hydrogen-bond acceptors (Lipinski definition) is 2. The predicted molar refractivity (Wildman–Crippen MR) is 64.7 cm³/mol. The highest BCUT2D eigenvalue weighted by Crippen LogP contribution is 2.10. The summed E-state index contributed by atoms with van der Waals surface area (Å²) in [4.78, 5) is 4.31. The van der Waals surface area contributed by atoms with Crippen LogP contribution in [0.15, 0.2) is 41.2 Å². The van der Waals surface area contributed by atoms with Crippen molar-refractivity contribution < 1.29 is 0 Å². The molecule has 1 aliphatic rings. The van der Waals surface area contributed by atoms with Crippen LogP contribution in [0.3, 0.4) is 0 Å². The average Bonchev–Trinajstić information content (AvgIpc) is 2.72. The molecule has 0 amide bonds. The topological polar surface area (TPSA) is 30.2 Å². The fourth-order valence-electron chi connectivity index (χ4n) is 1.18. The Hall–Kier alpha value is -1.64. The third kappa shape index (κ3) is 3.20. The maximum Gasteiger partial charge on any atom is 0.149 e. The number of aliphatic imine (C=N–C) groups is 1. The number of nitrogens with zero attached hydrogens (tertiary/aromatic N) is 3. The van der Waals surface area contributed by atoms with Gasteiger partial charge in [-0.05, 0) is 31.1 Å². The summed E-state index contributed by atoms with van der Waals surface area (Å²) in [7, 11) is 0. The first-order valence-corrected chi connectivity index (χ1v) is 5.27. The lowest BCUT2D eigenvalue weighted by Gasteiger charge is -1.98. The highest BCUT2D eigenvalue weighted by atomic mass is 15.3. The Morgan fingerprint density at radius 1 is 1.27 bits per heavy atom. The van der Waals surface area contributed by atoms with Crippen LogP contribution in [0.2, 0.25) is 0 Å². The Balaban J connectivity index is 0.000000531. The Bertz CT molecular complexity index is 370. The second-order valence-corrected chi connectivity index (χ2v) is 2.95. The van der Waals surface area contributed by atoms with Crippen molar-refractivity contribution in [3.05, 3.63) is 36.2 Å². The van der Waals surface area contributed by atoms with Crippen LogP contribution in [0.4, 0.5) is 0 Å². The molecule has 1 aromatic heterocycles. The summed E-state index contributed by atoms with van der Waals surface area (Å²) in [5.41, 5.74) is 1.19. The van der Waals surface area contributed by atoms with Crippen molar-refractivity contribution in [2.45, 2.75) is 27.2 Å². The van der Waals surface area contributed by atoms with Gasteiger partial charge in [0.1, 0.15) is 5.82 Å². The summed E-state index contributed by atoms with van der Waals surface area (Å²) in [6.45, 7) is 6.05. The molecule has 3 nitrogen and oxygen atoms in total. The van der Waals surface area contributed by atoms with E-state index in [0.29, 0.717) is 0 Å². The smallest absolute Gasteiger partial charge is 0.149 e. The highest BCUT2D eigenvalue weighted by molar-refractivity contribution is 5.82. The van der Waals surface area contributed by atoms with Gasteiger partial charge in [0.15, 0.2) is 0 Å². The number of aromatic nitrogens is 2. The molecule has 2 rings (SSSR count). The number of rotatable bonds is 1. The summed E-state index contributed by atoms with van der Waals surface area (Å²) in [5, 5.41) is 4.12. The molecule has 1 aliphatic heterocycles. The van der Waals surface area contributed by atoms with Crippen molar-refractivity contribution >= 4 is 12.0 Å². The molecular formula is C12H17N3. The Morgan fingerprint density at radius 2 is 2.07 bits per heavy atom. The summed E-state index contributed by atoms with van der Waals surface area (Å²) in [5.74, 6) is 0.887. The molecule has 1 aromatic rings. The zero-order valence-electron chi connectivity index (χ0n) is 9.51. The zero-order valence-corrected chi connectivity index (χ0v) is 9.51. The highest BCUT2D eigenvalue weighted by Gasteiger charge is 1.98. The van der Waals surface area contributed by atoms with E-state index in [1.54, 1.807) is 10.9 Å². The minimum atomic E-state index is 0.887. The van der Waals surface area contributed by atoms with Crippen LogP contribution in [0, 0.1) is 0 Å². The van der Waals surface area contributed by atoms with E-state index in [4.69, 9.17) is 0 Å². The van der Waals surface area contributed by atoms with Gasteiger partial charge in [0.05, 0.1) is 0 Å². The second kappa shape index (κ2) is 5.96. The number of allylic oxidation sites excluding steroid dienone is 3. The molecule has 3 heteroatoms. The third-order valence-corrected chi connectivity index (χ3v) is 1.88. The van der Waals surface area contributed by atoms with Crippen molar-refractivity contribution in [3.63, 3.8) is 0 Å². The van der Waals surface area contributed by atoms with Gasteiger partial charge in [-0.1, -0.05) is 19.9 Å². The maximum absolute atomic E-state index is 4.31. The summed E-state index contributed by atoms with van der Waals surface area (Å²) in [6.07, 6.45) is 10.6. The lowest BCUT2D eigenvalue weighted by atomic mass is 10.3. The quantitative estimate of drug-likeness (QED) is 0.689. The predicted octanol–water partition coefficient (Wildman–Crippen LogP) is 3.13. The van der Waals surface area contributed by atoms with Crippen molar-refractivity contribution in [2.24, 2.45) is 4.99 Å². The van der Waals surface area contributed by atoms with E-state index in [1.165, 1.54) is 5.57 Å². The second-order valence-electron chi connectivity index (χ2n) is 2.95. The van der Waals surface area contributed by atoms with Crippen LogP contribution >= 0.6 is 0 Å². The first kappa shape index (κ1) is 11.4. The van der Waals surface area contributed by atoms with Gasteiger partial charge in [-0.15, -0.1) is 0 Å². The third-order valence-electron chi connectivity index (χ3n) is 1.88. The Kier molecular flexibility index (Phi) is 4.54. The Morgan fingerprint density at radius 3 is 2.73 bits per heavy atom. The normalized spacial score (nSPS) is 14.6. The van der Waals surface area contributed by atoms with Gasteiger partial charge in [-0.3, -0.25) is 0 Å². The van der Waals surface area contributed by atoms with E-state index in [2.05, 4.69) is 22.2 Å². The first-order valence-electron chi connectivity index (χ1n) is 5.27. The van der Waals surface area contributed by atoms with Crippen LogP contribution in [0.1, 0.15) is 27.2 Å².